The Morgan fingerprint density at radius 2 is 2.17 bits per heavy atom. The van der Waals surface area contributed by atoms with Crippen LogP contribution in [0.5, 0.6) is 0 Å². The first-order chi connectivity index (χ1) is 5.70. The van der Waals surface area contributed by atoms with Gasteiger partial charge < -0.3 is 4.90 Å². The summed E-state index contributed by atoms with van der Waals surface area (Å²) >= 11 is 5.23. The molecule has 0 aromatic heterocycles. The molecule has 1 heterocycles. The molecule has 0 amide bonds. The van der Waals surface area contributed by atoms with Gasteiger partial charge in [0.05, 0.1) is 4.99 Å². The van der Waals surface area contributed by atoms with Gasteiger partial charge in [-0.2, -0.15) is 0 Å². The number of benzene rings is 1. The Kier molecular flexibility index (Phi) is 1.65. The lowest BCUT2D eigenvalue weighted by Gasteiger charge is -2.14. The highest BCUT2D eigenvalue weighted by Gasteiger charge is 2.21. The fourth-order valence-corrected chi connectivity index (χ4v) is 2.00. The van der Waals surface area contributed by atoms with Crippen LogP contribution in [0, 0.1) is 6.92 Å². The highest BCUT2D eigenvalue weighted by molar-refractivity contribution is 7.80. The van der Waals surface area contributed by atoms with E-state index in [1.54, 1.807) is 0 Å². The van der Waals surface area contributed by atoms with Gasteiger partial charge in [0.1, 0.15) is 0 Å². The molecule has 0 saturated heterocycles. The normalized spacial score (nSPS) is 15.2. The molecule has 1 aliphatic heterocycles. The van der Waals surface area contributed by atoms with E-state index in [-0.39, 0.29) is 0 Å². The Labute approximate surface area is 78.0 Å². The van der Waals surface area contributed by atoms with Crippen LogP contribution < -0.4 is 4.90 Å². The van der Waals surface area contributed by atoms with Gasteiger partial charge in [-0.3, -0.25) is 0 Å². The van der Waals surface area contributed by atoms with Gasteiger partial charge in [0.15, 0.2) is 0 Å². The van der Waals surface area contributed by atoms with E-state index in [4.69, 9.17) is 12.2 Å². The maximum absolute atomic E-state index is 5.23. The standard InChI is InChI=1S/C10H11NS/c1-7-4-3-5-8-6-9(12)11(2)10(7)8/h3-5H,6H2,1-2H3. The molecule has 0 atom stereocenters. The van der Waals surface area contributed by atoms with Gasteiger partial charge in [-0.15, -0.1) is 0 Å². The van der Waals surface area contributed by atoms with Gasteiger partial charge in [0, 0.05) is 19.2 Å². The van der Waals surface area contributed by atoms with Crippen molar-refractivity contribution in [1.29, 1.82) is 0 Å². The lowest BCUT2D eigenvalue weighted by Crippen LogP contribution is -2.19. The van der Waals surface area contributed by atoms with Crippen LogP contribution in [-0.2, 0) is 6.42 Å². The van der Waals surface area contributed by atoms with Crippen LogP contribution in [0.1, 0.15) is 11.1 Å². The Bertz CT molecular complexity index is 344. The van der Waals surface area contributed by atoms with Crippen molar-refractivity contribution in [2.45, 2.75) is 13.3 Å². The van der Waals surface area contributed by atoms with E-state index in [9.17, 15) is 0 Å². The molecule has 0 aliphatic carbocycles. The van der Waals surface area contributed by atoms with Crippen molar-refractivity contribution in [3.63, 3.8) is 0 Å². The third-order valence-electron chi connectivity index (χ3n) is 2.37. The molecule has 0 radical (unpaired) electrons. The molecule has 1 aromatic carbocycles. The van der Waals surface area contributed by atoms with Crippen LogP contribution in [0.15, 0.2) is 18.2 Å². The van der Waals surface area contributed by atoms with Gasteiger partial charge >= 0.3 is 0 Å². The van der Waals surface area contributed by atoms with E-state index in [1.165, 1.54) is 16.8 Å². The number of fused-ring (bicyclic) bond motifs is 1. The number of rotatable bonds is 0. The van der Waals surface area contributed by atoms with E-state index in [2.05, 4.69) is 30.0 Å². The quantitative estimate of drug-likeness (QED) is 0.559. The zero-order chi connectivity index (χ0) is 8.72. The van der Waals surface area contributed by atoms with E-state index in [0.29, 0.717) is 0 Å². The number of aryl methyl sites for hydroxylation is 1. The maximum atomic E-state index is 5.23. The summed E-state index contributed by atoms with van der Waals surface area (Å²) in [6, 6.07) is 6.37. The molecule has 0 saturated carbocycles. The Hall–Kier alpha value is -0.890. The second kappa shape index (κ2) is 2.56. The summed E-state index contributed by atoms with van der Waals surface area (Å²) in [5.74, 6) is 0. The molecule has 0 fully saturated rings. The fraction of sp³-hybridized carbons (Fsp3) is 0.300. The molecular formula is C10H11NS. The van der Waals surface area contributed by atoms with Crippen molar-refractivity contribution < 1.29 is 0 Å². The largest absolute Gasteiger partial charge is 0.338 e. The zero-order valence-corrected chi connectivity index (χ0v) is 8.11. The summed E-state index contributed by atoms with van der Waals surface area (Å²) in [5, 5.41) is 0. The van der Waals surface area contributed by atoms with E-state index in [0.717, 1.165) is 11.4 Å². The van der Waals surface area contributed by atoms with Crippen LogP contribution in [0.3, 0.4) is 0 Å². The number of hydrogen-bond acceptors (Lipinski definition) is 1. The molecule has 2 rings (SSSR count). The summed E-state index contributed by atoms with van der Waals surface area (Å²) in [6.07, 6.45) is 0.933. The predicted octanol–water partition coefficient (Wildman–Crippen LogP) is 2.31. The number of anilines is 1. The van der Waals surface area contributed by atoms with Gasteiger partial charge in [0.2, 0.25) is 0 Å². The van der Waals surface area contributed by atoms with Crippen LogP contribution in [0.4, 0.5) is 5.69 Å². The van der Waals surface area contributed by atoms with E-state index >= 15 is 0 Å². The van der Waals surface area contributed by atoms with Crippen molar-refractivity contribution in [3.05, 3.63) is 29.3 Å². The highest BCUT2D eigenvalue weighted by Crippen LogP contribution is 2.31. The summed E-state index contributed by atoms with van der Waals surface area (Å²) < 4.78 is 0. The molecule has 0 unspecified atom stereocenters. The Morgan fingerprint density at radius 3 is 2.83 bits per heavy atom. The average Bonchev–Trinajstić information content (AvgIpc) is 2.29. The number of hydrogen-bond donors (Lipinski definition) is 0. The molecule has 12 heavy (non-hydrogen) atoms. The predicted molar refractivity (Wildman–Crippen MR) is 55.9 cm³/mol. The van der Waals surface area contributed by atoms with Crippen molar-refractivity contribution in [1.82, 2.24) is 0 Å². The molecular weight excluding hydrogens is 166 g/mol. The zero-order valence-electron chi connectivity index (χ0n) is 7.29. The van der Waals surface area contributed by atoms with Crippen molar-refractivity contribution in [3.8, 4) is 0 Å². The minimum Gasteiger partial charge on any atom is -0.338 e. The average molecular weight is 177 g/mol. The third-order valence-corrected chi connectivity index (χ3v) is 2.79. The number of thiocarbonyl (C=S) groups is 1. The third kappa shape index (κ3) is 0.950. The van der Waals surface area contributed by atoms with Crippen LogP contribution in [-0.4, -0.2) is 12.0 Å². The minimum absolute atomic E-state index is 0.933. The van der Waals surface area contributed by atoms with Gasteiger partial charge in [-0.05, 0) is 18.1 Å². The summed E-state index contributed by atoms with van der Waals surface area (Å²) in [6.45, 7) is 2.13. The molecule has 0 spiro atoms. The summed E-state index contributed by atoms with van der Waals surface area (Å²) in [4.78, 5) is 3.14. The van der Waals surface area contributed by atoms with E-state index in [1.807, 2.05) is 7.05 Å². The molecule has 1 nitrogen and oxygen atoms in total. The fourth-order valence-electron chi connectivity index (χ4n) is 1.75. The number of likely N-dealkylation sites (N-methyl/N-ethyl adjacent to an activating group) is 1. The van der Waals surface area contributed by atoms with E-state index < -0.39 is 0 Å². The topological polar surface area (TPSA) is 3.24 Å². The lowest BCUT2D eigenvalue weighted by atomic mass is 10.1. The molecule has 2 heteroatoms. The first-order valence-electron chi connectivity index (χ1n) is 4.05. The lowest BCUT2D eigenvalue weighted by molar-refractivity contribution is 1.28. The van der Waals surface area contributed by atoms with Gasteiger partial charge in [-0.1, -0.05) is 30.4 Å². The second-order valence-corrected chi connectivity index (χ2v) is 3.68. The molecule has 1 aromatic rings. The molecule has 62 valence electrons. The first kappa shape index (κ1) is 7.74. The number of para-hydroxylation sites is 1. The Morgan fingerprint density at radius 1 is 1.42 bits per heavy atom. The van der Waals surface area contributed by atoms with Crippen molar-refractivity contribution in [2.24, 2.45) is 0 Å². The SMILES string of the molecule is Cc1cccc2c1N(C)C(=S)C2. The van der Waals surface area contributed by atoms with Crippen molar-refractivity contribution in [2.75, 3.05) is 11.9 Å². The highest BCUT2D eigenvalue weighted by atomic mass is 32.1. The summed E-state index contributed by atoms with van der Waals surface area (Å²) in [7, 11) is 2.04. The molecule has 0 N–H and O–H groups in total. The van der Waals surface area contributed by atoms with Crippen LogP contribution in [0.25, 0.3) is 0 Å². The monoisotopic (exact) mass is 177 g/mol. The van der Waals surface area contributed by atoms with Crippen molar-refractivity contribution >= 4 is 22.9 Å². The maximum Gasteiger partial charge on any atom is 0.0866 e. The van der Waals surface area contributed by atoms with Crippen LogP contribution >= 0.6 is 12.2 Å². The van der Waals surface area contributed by atoms with Gasteiger partial charge in [0.25, 0.3) is 0 Å². The second-order valence-electron chi connectivity index (χ2n) is 3.21. The Balaban J connectivity index is 2.62. The summed E-state index contributed by atoms with van der Waals surface area (Å²) in [5.41, 5.74) is 3.99. The molecule has 0 bridgehead atoms. The van der Waals surface area contributed by atoms with Gasteiger partial charge in [-0.25, -0.2) is 0 Å². The number of nitrogens with zero attached hydrogens (tertiary/aromatic N) is 1. The smallest absolute Gasteiger partial charge is 0.0866 e. The minimum atomic E-state index is 0.933. The molecule has 1 aliphatic rings. The van der Waals surface area contributed by atoms with Crippen LogP contribution in [0.2, 0.25) is 0 Å². The first-order valence-corrected chi connectivity index (χ1v) is 4.46.